The minimum atomic E-state index is -1.12. The second kappa shape index (κ2) is 8.69. The van der Waals surface area contributed by atoms with E-state index in [0.717, 1.165) is 28.1 Å². The zero-order chi connectivity index (χ0) is 19.3. The molecule has 0 bridgehead atoms. The Labute approximate surface area is 151 Å². The minimum absolute atomic E-state index is 0.0764. The van der Waals surface area contributed by atoms with Gasteiger partial charge in [-0.2, -0.15) is 0 Å². The maximum atomic E-state index is 13.2. The lowest BCUT2D eigenvalue weighted by molar-refractivity contribution is -0.139. The molecule has 0 fully saturated rings. The van der Waals surface area contributed by atoms with Crippen molar-refractivity contribution >= 4 is 12.0 Å². The van der Waals surface area contributed by atoms with Crippen LogP contribution in [0.2, 0.25) is 0 Å². The molecule has 0 saturated heterocycles. The number of carbonyl (C=O) groups is 1. The fourth-order valence-electron chi connectivity index (χ4n) is 2.77. The number of aryl methyl sites for hydroxylation is 2. The number of aromatic nitrogens is 1. The molecular weight excluding hydrogens is 337 g/mol. The second-order valence-corrected chi connectivity index (χ2v) is 6.23. The second-order valence-electron chi connectivity index (χ2n) is 6.23. The summed E-state index contributed by atoms with van der Waals surface area (Å²) >= 11 is 0. The van der Waals surface area contributed by atoms with Crippen molar-refractivity contribution in [1.82, 2.24) is 4.98 Å². The molecule has 138 valence electrons. The van der Waals surface area contributed by atoms with Crippen LogP contribution in [0.5, 0.6) is 0 Å². The Hall–Kier alpha value is -2.57. The van der Waals surface area contributed by atoms with Gasteiger partial charge in [-0.3, -0.25) is 9.78 Å². The van der Waals surface area contributed by atoms with E-state index in [1.165, 1.54) is 18.2 Å². The van der Waals surface area contributed by atoms with Crippen molar-refractivity contribution in [2.45, 2.75) is 38.9 Å². The topological polar surface area (TPSA) is 90.7 Å². The van der Waals surface area contributed by atoms with E-state index in [4.69, 9.17) is 5.11 Å². The molecule has 1 aromatic carbocycles. The highest BCUT2D eigenvalue weighted by Gasteiger charge is 2.14. The molecular formula is C20H22FNO4. The molecule has 0 aliphatic rings. The van der Waals surface area contributed by atoms with Crippen LogP contribution in [-0.4, -0.2) is 38.5 Å². The normalized spacial score (nSPS) is 13.7. The highest BCUT2D eigenvalue weighted by molar-refractivity contribution is 5.76. The van der Waals surface area contributed by atoms with Crippen LogP contribution in [0.3, 0.4) is 0 Å². The lowest BCUT2D eigenvalue weighted by atomic mass is 9.97. The first-order valence-electron chi connectivity index (χ1n) is 8.26. The van der Waals surface area contributed by atoms with Crippen LogP contribution in [0.15, 0.2) is 36.4 Å². The molecule has 0 unspecified atom stereocenters. The zero-order valence-electron chi connectivity index (χ0n) is 14.7. The molecule has 2 atom stereocenters. The molecule has 0 radical (unpaired) electrons. The Morgan fingerprint density at radius 1 is 1.23 bits per heavy atom. The van der Waals surface area contributed by atoms with Crippen LogP contribution >= 0.6 is 0 Å². The van der Waals surface area contributed by atoms with Gasteiger partial charge < -0.3 is 15.3 Å². The number of aliphatic hydroxyl groups is 2. The van der Waals surface area contributed by atoms with Crippen molar-refractivity contribution in [3.8, 4) is 11.1 Å². The van der Waals surface area contributed by atoms with Crippen molar-refractivity contribution in [3.63, 3.8) is 0 Å². The van der Waals surface area contributed by atoms with Crippen molar-refractivity contribution in [1.29, 1.82) is 0 Å². The van der Waals surface area contributed by atoms with Gasteiger partial charge in [0.05, 0.1) is 18.6 Å². The third kappa shape index (κ3) is 5.47. The van der Waals surface area contributed by atoms with Crippen LogP contribution in [0.25, 0.3) is 17.2 Å². The first-order valence-corrected chi connectivity index (χ1v) is 8.26. The van der Waals surface area contributed by atoms with Crippen LogP contribution in [0, 0.1) is 19.7 Å². The van der Waals surface area contributed by atoms with Crippen LogP contribution < -0.4 is 0 Å². The molecule has 0 amide bonds. The highest BCUT2D eigenvalue weighted by atomic mass is 19.1. The third-order valence-corrected chi connectivity index (χ3v) is 3.94. The first-order chi connectivity index (χ1) is 12.3. The summed E-state index contributed by atoms with van der Waals surface area (Å²) < 4.78 is 13.2. The number of carboxylic acid groups (broad SMARTS) is 1. The van der Waals surface area contributed by atoms with Gasteiger partial charge in [-0.15, -0.1) is 0 Å². The maximum Gasteiger partial charge on any atom is 0.305 e. The average molecular weight is 359 g/mol. The van der Waals surface area contributed by atoms with E-state index < -0.39 is 24.6 Å². The number of benzene rings is 1. The number of hydrogen-bond donors (Lipinski definition) is 3. The summed E-state index contributed by atoms with van der Waals surface area (Å²) in [6, 6.07) is 7.99. The zero-order valence-corrected chi connectivity index (χ0v) is 14.7. The van der Waals surface area contributed by atoms with Crippen molar-refractivity contribution in [2.24, 2.45) is 0 Å². The number of hydrogen-bond acceptors (Lipinski definition) is 4. The van der Waals surface area contributed by atoms with E-state index >= 15 is 0 Å². The Morgan fingerprint density at radius 3 is 2.50 bits per heavy atom. The molecule has 5 nitrogen and oxygen atoms in total. The van der Waals surface area contributed by atoms with Crippen molar-refractivity contribution in [2.75, 3.05) is 0 Å². The lowest BCUT2D eigenvalue weighted by Crippen LogP contribution is -2.19. The van der Waals surface area contributed by atoms with Crippen LogP contribution in [-0.2, 0) is 4.79 Å². The standard InChI is InChI=1S/C20H22FNO4/c1-12-9-19(14-3-5-15(21)6-4-14)18(13(2)22-12)8-7-16(23)10-17(24)11-20(25)26/h3-9,16-17,23-24H,10-11H2,1-2H3,(H,25,26)/t16-,17-/m1/s1. The Balaban J connectivity index is 2.28. The Morgan fingerprint density at radius 2 is 1.88 bits per heavy atom. The van der Waals surface area contributed by atoms with E-state index in [9.17, 15) is 19.4 Å². The summed E-state index contributed by atoms with van der Waals surface area (Å²) in [4.78, 5) is 15.0. The predicted molar refractivity (Wildman–Crippen MR) is 97.0 cm³/mol. The van der Waals surface area contributed by atoms with Gasteiger partial charge >= 0.3 is 5.97 Å². The molecule has 2 rings (SSSR count). The fourth-order valence-corrected chi connectivity index (χ4v) is 2.77. The fraction of sp³-hybridized carbons (Fsp3) is 0.300. The lowest BCUT2D eigenvalue weighted by Gasteiger charge is -2.13. The number of halogens is 1. The summed E-state index contributed by atoms with van der Waals surface area (Å²) in [6.07, 6.45) is 0.576. The Bertz CT molecular complexity index is 802. The van der Waals surface area contributed by atoms with Gasteiger partial charge in [0.1, 0.15) is 5.82 Å². The summed E-state index contributed by atoms with van der Waals surface area (Å²) in [6.45, 7) is 3.70. The number of rotatable bonds is 7. The van der Waals surface area contributed by atoms with Crippen LogP contribution in [0.1, 0.15) is 29.8 Å². The summed E-state index contributed by atoms with van der Waals surface area (Å²) in [5.41, 5.74) is 4.01. The molecule has 1 aromatic heterocycles. The molecule has 1 heterocycles. The van der Waals surface area contributed by atoms with E-state index in [-0.39, 0.29) is 12.2 Å². The van der Waals surface area contributed by atoms with Crippen LogP contribution in [0.4, 0.5) is 4.39 Å². The van der Waals surface area contributed by atoms with Gasteiger partial charge in [0.25, 0.3) is 0 Å². The van der Waals surface area contributed by atoms with Crippen molar-refractivity contribution in [3.05, 3.63) is 59.2 Å². The molecule has 26 heavy (non-hydrogen) atoms. The van der Waals surface area contributed by atoms with Gasteiger partial charge in [-0.05, 0) is 43.2 Å². The predicted octanol–water partition coefficient (Wildman–Crippen LogP) is 3.10. The smallest absolute Gasteiger partial charge is 0.305 e. The number of aliphatic carboxylic acids is 1. The molecule has 0 saturated carbocycles. The van der Waals surface area contributed by atoms with Crippen molar-refractivity contribution < 1.29 is 24.5 Å². The van der Waals surface area contributed by atoms with E-state index in [1.807, 2.05) is 19.9 Å². The summed E-state index contributed by atoms with van der Waals surface area (Å²) in [7, 11) is 0. The van der Waals surface area contributed by atoms with Gasteiger partial charge in [-0.1, -0.05) is 24.3 Å². The minimum Gasteiger partial charge on any atom is -0.481 e. The summed E-state index contributed by atoms with van der Waals surface area (Å²) in [5.74, 6) is -1.44. The van der Waals surface area contributed by atoms with E-state index in [1.54, 1.807) is 18.2 Å². The third-order valence-electron chi connectivity index (χ3n) is 3.94. The number of aliphatic hydroxyl groups excluding tert-OH is 2. The number of nitrogens with zero attached hydrogens (tertiary/aromatic N) is 1. The molecule has 3 N–H and O–H groups in total. The van der Waals surface area contributed by atoms with Gasteiger partial charge in [0.15, 0.2) is 0 Å². The van der Waals surface area contributed by atoms with Gasteiger partial charge in [0, 0.05) is 23.4 Å². The average Bonchev–Trinajstić information content (AvgIpc) is 2.53. The molecule has 0 aliphatic carbocycles. The quantitative estimate of drug-likeness (QED) is 0.707. The largest absolute Gasteiger partial charge is 0.481 e. The van der Waals surface area contributed by atoms with Gasteiger partial charge in [-0.25, -0.2) is 4.39 Å². The molecule has 2 aromatic rings. The number of pyridine rings is 1. The van der Waals surface area contributed by atoms with E-state index in [0.29, 0.717) is 0 Å². The highest BCUT2D eigenvalue weighted by Crippen LogP contribution is 2.28. The Kier molecular flexibility index (Phi) is 6.60. The molecule has 6 heteroatoms. The molecule has 0 aliphatic heterocycles. The monoisotopic (exact) mass is 359 g/mol. The summed E-state index contributed by atoms with van der Waals surface area (Å²) in [5, 5.41) is 28.3. The van der Waals surface area contributed by atoms with Gasteiger partial charge in [0.2, 0.25) is 0 Å². The SMILES string of the molecule is Cc1cc(-c2ccc(F)cc2)c(C=C[C@@H](O)C[C@@H](O)CC(=O)O)c(C)n1. The first kappa shape index (κ1) is 19.8. The molecule has 0 spiro atoms. The number of carboxylic acids is 1. The van der Waals surface area contributed by atoms with E-state index in [2.05, 4.69) is 4.98 Å². The maximum absolute atomic E-state index is 13.2.